The summed E-state index contributed by atoms with van der Waals surface area (Å²) >= 11 is 0. The Balaban J connectivity index is 2.76. The van der Waals surface area contributed by atoms with Crippen LogP contribution in [0, 0.1) is 0 Å². The first-order valence-corrected chi connectivity index (χ1v) is 28.2. The zero-order valence-electron chi connectivity index (χ0n) is 44.4. The highest BCUT2D eigenvalue weighted by molar-refractivity contribution is 5.80. The average Bonchev–Trinajstić information content (AvgIpc) is 3.36. The minimum Gasteiger partial charge on any atom is -0.454 e. The first-order chi connectivity index (χ1) is 34.2. The lowest BCUT2D eigenvalue weighted by atomic mass is 9.99. The third kappa shape index (κ3) is 35.3. The Bertz CT molecular complexity index is 1410. The number of carbonyl (C=O) groups excluding carboxylic acids is 2. The molecule has 1 aliphatic heterocycles. The van der Waals surface area contributed by atoms with E-state index in [0.717, 1.165) is 103 Å². The molecule has 0 spiro atoms. The molecule has 11 nitrogen and oxygen atoms in total. The van der Waals surface area contributed by atoms with Crippen LogP contribution in [0.5, 0.6) is 0 Å². The molecule has 6 N–H and O–H groups in total. The van der Waals surface area contributed by atoms with Crippen molar-refractivity contribution < 1.29 is 49.3 Å². The van der Waals surface area contributed by atoms with E-state index in [1.165, 1.54) is 77.0 Å². The van der Waals surface area contributed by atoms with E-state index >= 15 is 0 Å². The van der Waals surface area contributed by atoms with E-state index in [2.05, 4.69) is 68.6 Å². The van der Waals surface area contributed by atoms with Crippen LogP contribution in [-0.2, 0) is 23.8 Å². The van der Waals surface area contributed by atoms with Gasteiger partial charge in [0.05, 0.1) is 25.4 Å². The molecule has 0 saturated carbocycles. The van der Waals surface area contributed by atoms with E-state index in [1.54, 1.807) is 6.08 Å². The fourth-order valence-corrected chi connectivity index (χ4v) is 8.39. The van der Waals surface area contributed by atoms with Crippen molar-refractivity contribution in [3.8, 4) is 0 Å². The van der Waals surface area contributed by atoms with E-state index in [-0.39, 0.29) is 19.4 Å². The molecule has 11 heteroatoms. The van der Waals surface area contributed by atoms with Gasteiger partial charge in [-0.25, -0.2) is 0 Å². The van der Waals surface area contributed by atoms with Gasteiger partial charge in [0.1, 0.15) is 24.4 Å². The predicted octanol–water partition coefficient (Wildman–Crippen LogP) is 12.4. The Morgan fingerprint density at radius 2 is 1.09 bits per heavy atom. The maximum atomic E-state index is 13.4. The second-order valence-electron chi connectivity index (χ2n) is 19.3. The topological polar surface area (TPSA) is 175 Å². The highest BCUT2D eigenvalue weighted by Gasteiger charge is 2.47. The molecule has 1 amide bonds. The van der Waals surface area contributed by atoms with Crippen molar-refractivity contribution in [2.75, 3.05) is 13.2 Å². The largest absolute Gasteiger partial charge is 0.454 e. The van der Waals surface area contributed by atoms with E-state index in [1.807, 2.05) is 24.3 Å². The minimum atomic E-state index is -1.62. The van der Waals surface area contributed by atoms with Gasteiger partial charge in [-0.05, 0) is 77.0 Å². The molecule has 70 heavy (non-hydrogen) atoms. The summed E-state index contributed by atoms with van der Waals surface area (Å²) in [6.07, 6.45) is 48.0. The number of rotatable bonds is 46. The van der Waals surface area contributed by atoms with Crippen LogP contribution in [0.3, 0.4) is 0 Å². The van der Waals surface area contributed by atoms with Gasteiger partial charge < -0.3 is 45.1 Å². The van der Waals surface area contributed by atoms with Gasteiger partial charge in [-0.2, -0.15) is 0 Å². The summed E-state index contributed by atoms with van der Waals surface area (Å²) in [4.78, 5) is 26.4. The molecule has 8 atom stereocenters. The Kier molecular flexibility index (Phi) is 43.8. The van der Waals surface area contributed by atoms with Crippen molar-refractivity contribution in [1.82, 2.24) is 5.32 Å². The number of carbonyl (C=O) groups is 2. The second-order valence-corrected chi connectivity index (χ2v) is 19.3. The van der Waals surface area contributed by atoms with E-state index in [9.17, 15) is 35.1 Å². The monoisotopic (exact) mass is 986 g/mol. The lowest BCUT2D eigenvalue weighted by molar-refractivity contribution is -0.305. The number of hydrogen-bond donors (Lipinski definition) is 6. The molecule has 0 aromatic heterocycles. The highest BCUT2D eigenvalue weighted by Crippen LogP contribution is 2.26. The van der Waals surface area contributed by atoms with E-state index < -0.39 is 67.4 Å². The number of hydrogen-bond acceptors (Lipinski definition) is 10. The third-order valence-corrected chi connectivity index (χ3v) is 12.9. The van der Waals surface area contributed by atoms with Crippen LogP contribution in [-0.4, -0.2) is 99.6 Å². The molecule has 8 unspecified atom stereocenters. The molecule has 0 radical (unpaired) electrons. The smallest absolute Gasteiger partial charge is 0.306 e. The van der Waals surface area contributed by atoms with Gasteiger partial charge in [0.2, 0.25) is 5.91 Å². The van der Waals surface area contributed by atoms with Crippen LogP contribution < -0.4 is 5.32 Å². The van der Waals surface area contributed by atoms with Crippen molar-refractivity contribution >= 4 is 11.9 Å². The van der Waals surface area contributed by atoms with Crippen molar-refractivity contribution in [2.45, 2.75) is 275 Å². The number of esters is 1. The molecule has 1 aliphatic rings. The number of amides is 1. The molecule has 0 aliphatic carbocycles. The molecular formula is C59H103NO10. The SMILES string of the molecule is CC/C=C/C=C/C=C\CCCCCCCC(=O)OC1C(OCC(NC(=O)C(O)CCCCCCCC/C=C\C/C=C\CCCCC)C(O)/C=C/CCCCCCCCCCCC)OC(CO)C(O)C1O. The number of aliphatic hydroxyl groups is 5. The number of nitrogens with one attached hydrogen (secondary N) is 1. The van der Waals surface area contributed by atoms with Gasteiger partial charge >= 0.3 is 5.97 Å². The van der Waals surface area contributed by atoms with Crippen molar-refractivity contribution in [2.24, 2.45) is 0 Å². The number of unbranched alkanes of at least 4 members (excludes halogenated alkanes) is 24. The standard InChI is InChI=1S/C59H103NO10/c1-4-7-10-13-16-19-22-25-26-27-29-31-34-37-40-43-46-52(63)58(67)60-50(51(62)45-42-39-36-33-30-24-21-18-15-12-9-6-3)49-68-59-57(56(66)55(65)53(48-61)69-59)70-54(64)47-44-41-38-35-32-28-23-20-17-14-11-8-5-2/h8,11,14,16-17,19-20,23,25-26,42,45,50-53,55-57,59,61-63,65-66H,4-7,9-10,12-13,15,18,21-22,24,27-41,43-44,46-49H2,1-3H3,(H,60,67)/b11-8+,17-14+,19-16-,23-20-,26-25-,45-42+. The van der Waals surface area contributed by atoms with Crippen molar-refractivity contribution in [3.05, 3.63) is 72.9 Å². The number of ether oxygens (including phenoxy) is 3. The molecule has 0 aromatic rings. The fraction of sp³-hybridized carbons (Fsp3) is 0.763. The Morgan fingerprint density at radius 1 is 0.586 bits per heavy atom. The normalized spacial score (nSPS) is 20.3. The fourth-order valence-electron chi connectivity index (χ4n) is 8.39. The van der Waals surface area contributed by atoms with Crippen LogP contribution in [0.15, 0.2) is 72.9 Å². The number of allylic oxidation sites excluding steroid dienone is 11. The van der Waals surface area contributed by atoms with Gasteiger partial charge in [0, 0.05) is 6.42 Å². The van der Waals surface area contributed by atoms with Crippen molar-refractivity contribution in [1.29, 1.82) is 0 Å². The van der Waals surface area contributed by atoms with Crippen LogP contribution in [0.1, 0.15) is 226 Å². The van der Waals surface area contributed by atoms with Crippen molar-refractivity contribution in [3.63, 3.8) is 0 Å². The summed E-state index contributed by atoms with van der Waals surface area (Å²) in [5, 5.41) is 56.7. The molecule has 1 heterocycles. The van der Waals surface area contributed by atoms with Crippen LogP contribution in [0.25, 0.3) is 0 Å². The molecule has 404 valence electrons. The molecule has 1 rings (SSSR count). The maximum Gasteiger partial charge on any atom is 0.306 e. The molecular weight excluding hydrogens is 883 g/mol. The van der Waals surface area contributed by atoms with Gasteiger partial charge in [-0.1, -0.05) is 216 Å². The summed E-state index contributed by atoms with van der Waals surface area (Å²) in [5.41, 5.74) is 0. The lowest BCUT2D eigenvalue weighted by Crippen LogP contribution is -2.61. The van der Waals surface area contributed by atoms with Crippen LogP contribution in [0.4, 0.5) is 0 Å². The molecule has 0 bridgehead atoms. The first kappa shape index (κ1) is 65.1. The summed E-state index contributed by atoms with van der Waals surface area (Å²) < 4.78 is 17.5. The predicted molar refractivity (Wildman–Crippen MR) is 287 cm³/mol. The third-order valence-electron chi connectivity index (χ3n) is 12.9. The highest BCUT2D eigenvalue weighted by atomic mass is 16.7. The van der Waals surface area contributed by atoms with Gasteiger partial charge in [-0.3, -0.25) is 9.59 Å². The Hall–Kier alpha value is -2.90. The maximum absolute atomic E-state index is 13.4. The van der Waals surface area contributed by atoms with Crippen LogP contribution in [0.2, 0.25) is 0 Å². The molecule has 1 saturated heterocycles. The summed E-state index contributed by atoms with van der Waals surface area (Å²) in [6.45, 7) is 5.59. The molecule has 1 fully saturated rings. The Morgan fingerprint density at radius 3 is 1.67 bits per heavy atom. The minimum absolute atomic E-state index is 0.0970. The van der Waals surface area contributed by atoms with E-state index in [4.69, 9.17) is 14.2 Å². The first-order valence-electron chi connectivity index (χ1n) is 28.2. The quantitative estimate of drug-likeness (QED) is 0.0149. The van der Waals surface area contributed by atoms with Gasteiger partial charge in [0.25, 0.3) is 0 Å². The summed E-state index contributed by atoms with van der Waals surface area (Å²) in [7, 11) is 0. The second kappa shape index (κ2) is 47.1. The zero-order chi connectivity index (χ0) is 51.1. The van der Waals surface area contributed by atoms with E-state index in [0.29, 0.717) is 12.8 Å². The van der Waals surface area contributed by atoms with Gasteiger partial charge in [0.15, 0.2) is 12.4 Å². The summed E-state index contributed by atoms with van der Waals surface area (Å²) in [5.74, 6) is -1.23. The zero-order valence-corrected chi connectivity index (χ0v) is 44.4. The summed E-state index contributed by atoms with van der Waals surface area (Å²) in [6, 6.07) is -1.03. The lowest BCUT2D eigenvalue weighted by Gasteiger charge is -2.41. The molecule has 0 aromatic carbocycles. The number of aliphatic hydroxyl groups excluding tert-OH is 5. The van der Waals surface area contributed by atoms with Crippen LogP contribution >= 0.6 is 0 Å². The average molecular weight is 986 g/mol. The van der Waals surface area contributed by atoms with Gasteiger partial charge in [-0.15, -0.1) is 0 Å². The Labute approximate surface area is 426 Å².